The molecule has 3 heterocycles. The van der Waals surface area contributed by atoms with Crippen molar-refractivity contribution in [2.24, 2.45) is 5.92 Å². The van der Waals surface area contributed by atoms with E-state index in [1.165, 1.54) is 0 Å². The van der Waals surface area contributed by atoms with E-state index in [4.69, 9.17) is 9.47 Å². The Labute approximate surface area is 288 Å². The summed E-state index contributed by atoms with van der Waals surface area (Å²) >= 11 is 0. The largest absolute Gasteiger partial charge is 0.497 e. The number of ether oxygens (including phenoxy) is 2. The molecule has 3 aliphatic rings. The number of methoxy groups -OCH3 is 1. The zero-order valence-corrected chi connectivity index (χ0v) is 29.5. The zero-order chi connectivity index (χ0) is 34.9. The molecule has 3 amide bonds. The highest BCUT2D eigenvalue weighted by Gasteiger charge is 2.67. The molecule has 3 aromatic rings. The third-order valence-corrected chi connectivity index (χ3v) is 12.6. The van der Waals surface area contributed by atoms with Crippen LogP contribution in [-0.4, -0.2) is 82.1 Å². The molecular formula is C37H45FN4O6Si. The number of amides is 3. The molecule has 2 fully saturated rings. The van der Waals surface area contributed by atoms with Crippen LogP contribution in [0.3, 0.4) is 0 Å². The Hall–Kier alpha value is -4.10. The molecule has 3 aromatic carbocycles. The molecule has 260 valence electrons. The van der Waals surface area contributed by atoms with E-state index in [1.807, 2.05) is 67.6 Å². The van der Waals surface area contributed by atoms with Crippen LogP contribution in [0.4, 0.5) is 15.5 Å². The van der Waals surface area contributed by atoms with Crippen LogP contribution in [0.1, 0.15) is 30.0 Å². The maximum atomic E-state index is 16.4. The number of aliphatic hydroxyl groups excluding tert-OH is 1. The molecule has 4 atom stereocenters. The molecule has 0 radical (unpaired) electrons. The number of piperazine rings is 1. The van der Waals surface area contributed by atoms with Crippen molar-refractivity contribution < 1.29 is 33.1 Å². The summed E-state index contributed by atoms with van der Waals surface area (Å²) in [6.45, 7) is 6.98. The fourth-order valence-electron chi connectivity index (χ4n) is 7.91. The van der Waals surface area contributed by atoms with Crippen molar-refractivity contribution in [3.8, 4) is 5.75 Å². The molecule has 12 heteroatoms. The minimum atomic E-state index is -3.53. The standard InChI is InChI=1S/C37H45FN4O6Si/c1-25-35(49(3,4)38)32(21-33(44)40(17-18-43)23-26-9-6-5-7-10-26)48-37(25)30-20-29(47-2)13-14-31(30)42(36(37)46)24-27-11-8-12-28(19-27)41-16-15-39-22-34(41)45/h5-14,19-20,25,32,35,39,43H,15-18,21-24H2,1-4H3/t25-,32+,35-,37+/m0/s1. The topological polar surface area (TPSA) is 112 Å². The van der Waals surface area contributed by atoms with E-state index in [0.717, 1.165) is 16.8 Å². The number of nitrogens with zero attached hydrogens (tertiary/aromatic N) is 3. The Bertz CT molecular complexity index is 1700. The van der Waals surface area contributed by atoms with Gasteiger partial charge in [0.05, 0.1) is 45.0 Å². The average Bonchev–Trinajstić information content (AvgIpc) is 3.51. The molecule has 1 spiro atoms. The number of carbonyl (C=O) groups excluding carboxylic acids is 3. The molecule has 49 heavy (non-hydrogen) atoms. The Morgan fingerprint density at radius 3 is 2.55 bits per heavy atom. The summed E-state index contributed by atoms with van der Waals surface area (Å²) in [7, 11) is -1.98. The predicted molar refractivity (Wildman–Crippen MR) is 187 cm³/mol. The van der Waals surface area contributed by atoms with Crippen LogP contribution in [0.5, 0.6) is 5.75 Å². The van der Waals surface area contributed by atoms with Crippen LogP contribution in [0, 0.1) is 5.92 Å². The van der Waals surface area contributed by atoms with E-state index in [9.17, 15) is 19.5 Å². The first-order valence-corrected chi connectivity index (χ1v) is 19.8. The van der Waals surface area contributed by atoms with Crippen molar-refractivity contribution in [2.45, 2.75) is 56.8 Å². The van der Waals surface area contributed by atoms with Gasteiger partial charge < -0.3 is 38.7 Å². The number of hydrogen-bond acceptors (Lipinski definition) is 7. The van der Waals surface area contributed by atoms with E-state index in [1.54, 1.807) is 47.0 Å². The number of rotatable bonds is 11. The van der Waals surface area contributed by atoms with Crippen molar-refractivity contribution >= 4 is 37.5 Å². The Morgan fingerprint density at radius 1 is 1.10 bits per heavy atom. The smallest absolute Gasteiger partial charge is 0.264 e. The number of aliphatic hydroxyl groups is 1. The second kappa shape index (κ2) is 14.0. The fraction of sp³-hybridized carbons (Fsp3) is 0.432. The number of hydrogen-bond donors (Lipinski definition) is 2. The molecule has 0 aliphatic carbocycles. The quantitative estimate of drug-likeness (QED) is 0.228. The van der Waals surface area contributed by atoms with Gasteiger partial charge in [-0.05, 0) is 54.6 Å². The minimum Gasteiger partial charge on any atom is -0.497 e. The van der Waals surface area contributed by atoms with Crippen LogP contribution in [0.25, 0.3) is 0 Å². The lowest BCUT2D eigenvalue weighted by Gasteiger charge is -2.31. The van der Waals surface area contributed by atoms with Crippen LogP contribution in [-0.2, 0) is 37.8 Å². The van der Waals surface area contributed by atoms with Crippen molar-refractivity contribution in [2.75, 3.05) is 49.7 Å². The van der Waals surface area contributed by atoms with E-state index in [0.29, 0.717) is 36.6 Å². The Kier molecular flexibility index (Phi) is 9.94. The van der Waals surface area contributed by atoms with Crippen molar-refractivity contribution in [1.82, 2.24) is 10.2 Å². The van der Waals surface area contributed by atoms with Gasteiger partial charge in [0.2, 0.25) is 20.2 Å². The van der Waals surface area contributed by atoms with Gasteiger partial charge in [-0.1, -0.05) is 49.4 Å². The molecule has 0 saturated carbocycles. The highest BCUT2D eigenvalue weighted by atomic mass is 28.4. The number of carbonyl (C=O) groups is 3. The van der Waals surface area contributed by atoms with Gasteiger partial charge in [-0.2, -0.15) is 0 Å². The molecule has 0 bridgehead atoms. The summed E-state index contributed by atoms with van der Waals surface area (Å²) in [5.74, 6) is -0.668. The molecule has 6 rings (SSSR count). The second-order valence-electron chi connectivity index (χ2n) is 13.7. The first-order valence-electron chi connectivity index (χ1n) is 16.9. The fourth-order valence-corrected chi connectivity index (χ4v) is 10.4. The van der Waals surface area contributed by atoms with Gasteiger partial charge in [-0.3, -0.25) is 14.4 Å². The third-order valence-electron chi connectivity index (χ3n) is 10.1. The SMILES string of the molecule is COc1ccc2c(c1)[C@@]1(O[C@H](CC(=O)N(CCO)Cc3ccccc3)[C@@H]([Si](C)(C)F)[C@@H]1C)C(=O)N2Cc1cccc(N2CCNCC2=O)c1. The van der Waals surface area contributed by atoms with Gasteiger partial charge in [0.25, 0.3) is 5.91 Å². The number of nitrogens with one attached hydrogen (secondary N) is 1. The summed E-state index contributed by atoms with van der Waals surface area (Å²) in [4.78, 5) is 46.4. The molecule has 2 N–H and O–H groups in total. The van der Waals surface area contributed by atoms with Gasteiger partial charge in [-0.25, -0.2) is 0 Å². The number of fused-ring (bicyclic) bond motifs is 2. The van der Waals surface area contributed by atoms with Gasteiger partial charge in [0.15, 0.2) is 5.60 Å². The van der Waals surface area contributed by atoms with E-state index in [-0.39, 0.29) is 50.4 Å². The van der Waals surface area contributed by atoms with Gasteiger partial charge in [0.1, 0.15) is 5.75 Å². The lowest BCUT2D eigenvalue weighted by atomic mass is 9.82. The van der Waals surface area contributed by atoms with E-state index < -0.39 is 31.6 Å². The van der Waals surface area contributed by atoms with E-state index >= 15 is 4.11 Å². The van der Waals surface area contributed by atoms with Crippen LogP contribution >= 0.6 is 0 Å². The highest BCUT2D eigenvalue weighted by molar-refractivity contribution is 6.72. The van der Waals surface area contributed by atoms with Crippen molar-refractivity contribution in [1.29, 1.82) is 0 Å². The molecule has 0 aromatic heterocycles. The highest BCUT2D eigenvalue weighted by Crippen LogP contribution is 2.60. The predicted octanol–water partition coefficient (Wildman–Crippen LogP) is 4.36. The molecule has 0 unspecified atom stereocenters. The number of halogens is 1. The zero-order valence-electron chi connectivity index (χ0n) is 28.5. The Balaban J connectivity index is 1.34. The van der Waals surface area contributed by atoms with E-state index in [2.05, 4.69) is 5.32 Å². The van der Waals surface area contributed by atoms with Crippen LogP contribution < -0.4 is 19.9 Å². The monoisotopic (exact) mass is 688 g/mol. The summed E-state index contributed by atoms with van der Waals surface area (Å²) in [6.07, 6.45) is -0.992. The molecule has 10 nitrogen and oxygen atoms in total. The van der Waals surface area contributed by atoms with Crippen molar-refractivity contribution in [3.63, 3.8) is 0 Å². The summed E-state index contributed by atoms with van der Waals surface area (Å²) in [6, 6.07) is 22.5. The first kappa shape index (κ1) is 34.7. The summed E-state index contributed by atoms with van der Waals surface area (Å²) in [5, 5.41) is 12.9. The van der Waals surface area contributed by atoms with Gasteiger partial charge in [-0.15, -0.1) is 0 Å². The molecular weight excluding hydrogens is 644 g/mol. The Morgan fingerprint density at radius 2 is 1.86 bits per heavy atom. The minimum absolute atomic E-state index is 0.0174. The first-order chi connectivity index (χ1) is 23.5. The molecule has 2 saturated heterocycles. The van der Waals surface area contributed by atoms with Crippen LogP contribution in [0.15, 0.2) is 72.8 Å². The maximum Gasteiger partial charge on any atom is 0.264 e. The molecule has 3 aliphatic heterocycles. The summed E-state index contributed by atoms with van der Waals surface area (Å²) in [5.41, 5.74) is 1.51. The van der Waals surface area contributed by atoms with Gasteiger partial charge >= 0.3 is 0 Å². The maximum absolute atomic E-state index is 16.4. The lowest BCUT2D eigenvalue weighted by Crippen LogP contribution is -2.48. The van der Waals surface area contributed by atoms with Crippen molar-refractivity contribution in [3.05, 3.63) is 89.5 Å². The summed E-state index contributed by atoms with van der Waals surface area (Å²) < 4.78 is 28.8. The van der Waals surface area contributed by atoms with Gasteiger partial charge in [0, 0.05) is 48.9 Å². The normalized spacial score (nSPS) is 23.7. The number of anilines is 2. The number of benzene rings is 3. The van der Waals surface area contributed by atoms with Crippen LogP contribution in [0.2, 0.25) is 18.6 Å². The lowest BCUT2D eigenvalue weighted by molar-refractivity contribution is -0.150. The third kappa shape index (κ3) is 6.62. The average molecular weight is 689 g/mol. The second-order valence-corrected chi connectivity index (χ2v) is 17.5.